The van der Waals surface area contributed by atoms with Gasteiger partial charge in [0.2, 0.25) is 5.91 Å². The molecule has 0 aromatic carbocycles. The van der Waals surface area contributed by atoms with Crippen LogP contribution in [0.4, 0.5) is 0 Å². The molecule has 15 heavy (non-hydrogen) atoms. The Morgan fingerprint density at radius 2 is 2.40 bits per heavy atom. The highest BCUT2D eigenvalue weighted by atomic mass is 35.5. The summed E-state index contributed by atoms with van der Waals surface area (Å²) in [5.41, 5.74) is 0.883. The number of carbonyl (C=O) groups is 1. The van der Waals surface area contributed by atoms with Crippen LogP contribution < -0.4 is 0 Å². The molecule has 0 radical (unpaired) electrons. The van der Waals surface area contributed by atoms with Crippen molar-refractivity contribution in [1.29, 1.82) is 0 Å². The summed E-state index contributed by atoms with van der Waals surface area (Å²) in [6, 6.07) is 0. The van der Waals surface area contributed by atoms with Gasteiger partial charge >= 0.3 is 0 Å². The molecule has 82 valence electrons. The Bertz CT molecular complexity index is 365. The topological polar surface area (TPSA) is 38.1 Å². The number of nitrogens with zero attached hydrogens (tertiary/aromatic N) is 3. The van der Waals surface area contributed by atoms with E-state index in [1.54, 1.807) is 15.8 Å². The maximum Gasteiger partial charge on any atom is 0.225 e. The molecule has 0 aliphatic heterocycles. The van der Waals surface area contributed by atoms with E-state index in [4.69, 9.17) is 11.6 Å². The summed E-state index contributed by atoms with van der Waals surface area (Å²) in [6.45, 7) is 0.532. The first-order valence-electron chi connectivity index (χ1n) is 5.01. The van der Waals surface area contributed by atoms with E-state index in [1.165, 1.54) is 0 Å². The molecular weight excluding hydrogens is 214 g/mol. The van der Waals surface area contributed by atoms with Gasteiger partial charge in [0.25, 0.3) is 0 Å². The van der Waals surface area contributed by atoms with Gasteiger partial charge in [0.05, 0.1) is 23.5 Å². The predicted molar refractivity (Wildman–Crippen MR) is 57.4 cm³/mol. The first kappa shape index (κ1) is 10.5. The van der Waals surface area contributed by atoms with Gasteiger partial charge in [-0.25, -0.2) is 0 Å². The molecule has 0 N–H and O–H groups in total. The first-order valence-corrected chi connectivity index (χ1v) is 5.38. The zero-order valence-electron chi connectivity index (χ0n) is 8.90. The number of aryl methyl sites for hydroxylation is 1. The summed E-state index contributed by atoms with van der Waals surface area (Å²) >= 11 is 5.97. The minimum atomic E-state index is 0.215. The van der Waals surface area contributed by atoms with Crippen molar-refractivity contribution in [2.45, 2.75) is 19.4 Å². The van der Waals surface area contributed by atoms with Gasteiger partial charge in [0.15, 0.2) is 0 Å². The third kappa shape index (κ3) is 2.15. The second-order valence-electron chi connectivity index (χ2n) is 4.03. The van der Waals surface area contributed by atoms with Crippen LogP contribution in [-0.2, 0) is 18.4 Å². The number of rotatable bonds is 3. The lowest BCUT2D eigenvalue weighted by Gasteiger charge is -2.17. The maximum atomic E-state index is 11.7. The van der Waals surface area contributed by atoms with Gasteiger partial charge in [-0.2, -0.15) is 5.10 Å². The summed E-state index contributed by atoms with van der Waals surface area (Å²) in [7, 11) is 3.64. The molecule has 1 aliphatic carbocycles. The molecule has 2 rings (SSSR count). The average molecular weight is 228 g/mol. The Hall–Kier alpha value is -1.03. The highest BCUT2D eigenvalue weighted by Gasteiger charge is 2.32. The molecule has 0 saturated heterocycles. The number of hydrogen-bond donors (Lipinski definition) is 0. The monoisotopic (exact) mass is 227 g/mol. The van der Waals surface area contributed by atoms with E-state index >= 15 is 0 Å². The second kappa shape index (κ2) is 3.85. The van der Waals surface area contributed by atoms with Gasteiger partial charge in [-0.3, -0.25) is 9.48 Å². The first-order chi connectivity index (χ1) is 7.09. The van der Waals surface area contributed by atoms with Crippen LogP contribution in [0.3, 0.4) is 0 Å². The number of carbonyl (C=O) groups excluding carboxylic acids is 1. The van der Waals surface area contributed by atoms with E-state index < -0.39 is 0 Å². The van der Waals surface area contributed by atoms with Crippen molar-refractivity contribution in [3.63, 3.8) is 0 Å². The molecule has 1 heterocycles. The standard InChI is InChI=1S/C10H14ClN3O/c1-13(10(15)7-3-4-7)6-9-8(11)5-12-14(9)2/h5,7H,3-4,6H2,1-2H3. The largest absolute Gasteiger partial charge is 0.340 e. The zero-order chi connectivity index (χ0) is 11.0. The fourth-order valence-corrected chi connectivity index (χ4v) is 1.78. The van der Waals surface area contributed by atoms with Crippen LogP contribution in [0.1, 0.15) is 18.5 Å². The molecule has 1 aromatic rings. The minimum absolute atomic E-state index is 0.215. The molecule has 1 aliphatic rings. The highest BCUT2D eigenvalue weighted by Crippen LogP contribution is 2.31. The van der Waals surface area contributed by atoms with Crippen molar-refractivity contribution in [2.24, 2.45) is 13.0 Å². The molecule has 5 heteroatoms. The van der Waals surface area contributed by atoms with Crippen molar-refractivity contribution >= 4 is 17.5 Å². The van der Waals surface area contributed by atoms with Crippen LogP contribution in [0.5, 0.6) is 0 Å². The minimum Gasteiger partial charge on any atom is -0.340 e. The van der Waals surface area contributed by atoms with Gasteiger partial charge in [-0.15, -0.1) is 0 Å². The van der Waals surface area contributed by atoms with Gasteiger partial charge in [0, 0.05) is 20.0 Å². The molecule has 0 bridgehead atoms. The van der Waals surface area contributed by atoms with Crippen LogP contribution in [0.25, 0.3) is 0 Å². The van der Waals surface area contributed by atoms with Gasteiger partial charge in [-0.05, 0) is 12.8 Å². The molecule has 1 amide bonds. The molecular formula is C10H14ClN3O. The van der Waals surface area contributed by atoms with Crippen molar-refractivity contribution in [3.05, 3.63) is 16.9 Å². The Kier molecular flexibility index (Phi) is 2.69. The Morgan fingerprint density at radius 1 is 1.73 bits per heavy atom. The number of amides is 1. The lowest BCUT2D eigenvalue weighted by Crippen LogP contribution is -2.28. The summed E-state index contributed by atoms with van der Waals surface area (Å²) in [4.78, 5) is 13.4. The van der Waals surface area contributed by atoms with Crippen LogP contribution in [0, 0.1) is 5.92 Å². The molecule has 1 fully saturated rings. The van der Waals surface area contributed by atoms with E-state index in [2.05, 4.69) is 5.10 Å². The van der Waals surface area contributed by atoms with Crippen LogP contribution >= 0.6 is 11.6 Å². The van der Waals surface area contributed by atoms with Crippen LogP contribution in [-0.4, -0.2) is 27.6 Å². The normalized spacial score (nSPS) is 15.4. The molecule has 0 spiro atoms. The number of halogens is 1. The summed E-state index contributed by atoms with van der Waals surface area (Å²) in [6.07, 6.45) is 3.66. The summed E-state index contributed by atoms with van der Waals surface area (Å²) in [5, 5.41) is 4.65. The smallest absolute Gasteiger partial charge is 0.225 e. The van der Waals surface area contributed by atoms with Gasteiger partial charge in [-0.1, -0.05) is 11.6 Å². The second-order valence-corrected chi connectivity index (χ2v) is 4.44. The van der Waals surface area contributed by atoms with Gasteiger partial charge < -0.3 is 4.90 Å². The van der Waals surface area contributed by atoms with E-state index in [-0.39, 0.29) is 11.8 Å². The molecule has 0 atom stereocenters. The van der Waals surface area contributed by atoms with E-state index in [9.17, 15) is 4.79 Å². The summed E-state index contributed by atoms with van der Waals surface area (Å²) < 4.78 is 1.71. The van der Waals surface area contributed by atoms with Crippen LogP contribution in [0.15, 0.2) is 6.20 Å². The molecule has 0 unspecified atom stereocenters. The summed E-state index contributed by atoms with van der Waals surface area (Å²) in [5.74, 6) is 0.467. The lowest BCUT2D eigenvalue weighted by molar-refractivity contribution is -0.131. The molecule has 1 saturated carbocycles. The van der Waals surface area contributed by atoms with Crippen molar-refractivity contribution in [2.75, 3.05) is 7.05 Å². The van der Waals surface area contributed by atoms with Crippen molar-refractivity contribution in [1.82, 2.24) is 14.7 Å². The zero-order valence-corrected chi connectivity index (χ0v) is 9.66. The lowest BCUT2D eigenvalue weighted by atomic mass is 10.3. The maximum absolute atomic E-state index is 11.7. The van der Waals surface area contributed by atoms with E-state index in [0.29, 0.717) is 11.6 Å². The Labute approximate surface area is 93.8 Å². The van der Waals surface area contributed by atoms with Crippen molar-refractivity contribution < 1.29 is 4.79 Å². The molecule has 4 nitrogen and oxygen atoms in total. The van der Waals surface area contributed by atoms with E-state index in [1.807, 2.05) is 14.1 Å². The Morgan fingerprint density at radius 3 is 2.87 bits per heavy atom. The number of aromatic nitrogens is 2. The van der Waals surface area contributed by atoms with E-state index in [0.717, 1.165) is 18.5 Å². The molecule has 1 aromatic heterocycles. The fourth-order valence-electron chi connectivity index (χ4n) is 1.56. The highest BCUT2D eigenvalue weighted by molar-refractivity contribution is 6.31. The SMILES string of the molecule is CN(Cc1c(Cl)cnn1C)C(=O)C1CC1. The Balaban J connectivity index is 2.04. The third-order valence-electron chi connectivity index (χ3n) is 2.70. The van der Waals surface area contributed by atoms with Crippen molar-refractivity contribution in [3.8, 4) is 0 Å². The number of hydrogen-bond acceptors (Lipinski definition) is 2. The fraction of sp³-hybridized carbons (Fsp3) is 0.600. The predicted octanol–water partition coefficient (Wildman–Crippen LogP) is 1.44. The van der Waals surface area contributed by atoms with Gasteiger partial charge in [0.1, 0.15) is 0 Å². The average Bonchev–Trinajstić information content (AvgIpc) is 3.00. The third-order valence-corrected chi connectivity index (χ3v) is 3.02. The quantitative estimate of drug-likeness (QED) is 0.784. The van der Waals surface area contributed by atoms with Crippen LogP contribution in [0.2, 0.25) is 5.02 Å².